The molecule has 0 aromatic heterocycles. The molecular weight excluding hydrogens is 636 g/mol. The van der Waals surface area contributed by atoms with Gasteiger partial charge in [-0.05, 0) is 80.8 Å². The van der Waals surface area contributed by atoms with Crippen molar-refractivity contribution in [1.82, 2.24) is 0 Å². The van der Waals surface area contributed by atoms with E-state index in [2.05, 4.69) is 40.7 Å². The Labute approximate surface area is 296 Å². The molecule has 9 nitrogen and oxygen atoms in total. The number of carbonyl (C=O) groups excluding carboxylic acids is 4. The molecule has 5 aliphatic rings. The normalized spacial score (nSPS) is 40.8. The van der Waals surface area contributed by atoms with Crippen molar-refractivity contribution >= 4 is 23.7 Å². The molecule has 4 fully saturated rings. The van der Waals surface area contributed by atoms with Crippen LogP contribution in [0.25, 0.3) is 0 Å². The predicted octanol–water partition coefficient (Wildman–Crippen LogP) is 6.65. The summed E-state index contributed by atoms with van der Waals surface area (Å²) in [6.45, 7) is 17.6. The quantitative estimate of drug-likeness (QED) is 0.198. The van der Waals surface area contributed by atoms with Crippen LogP contribution < -0.4 is 0 Å². The Bertz CT molecular complexity index is 1560. The number of ketones is 1. The molecule has 11 atom stereocenters. The fourth-order valence-corrected chi connectivity index (χ4v) is 11.9. The molecule has 4 aliphatic carbocycles. The van der Waals surface area contributed by atoms with Crippen molar-refractivity contribution in [2.75, 3.05) is 6.61 Å². The second-order valence-electron chi connectivity index (χ2n) is 17.7. The summed E-state index contributed by atoms with van der Waals surface area (Å²) in [5.74, 6) is -1.18. The third kappa shape index (κ3) is 5.75. The zero-order chi connectivity index (χ0) is 36.6. The molecule has 6 rings (SSSR count). The number of hydrogen-bond acceptors (Lipinski definition) is 9. The summed E-state index contributed by atoms with van der Waals surface area (Å²) in [5, 5.41) is 10.6. The Morgan fingerprint density at radius 2 is 1.52 bits per heavy atom. The molecule has 9 heteroatoms. The minimum Gasteiger partial charge on any atom is -0.462 e. The van der Waals surface area contributed by atoms with Gasteiger partial charge in [0.05, 0.1) is 17.8 Å². The zero-order valence-corrected chi connectivity index (χ0v) is 31.2. The number of allylic oxidation sites excluding steroid dienone is 1. The number of benzene rings is 1. The first-order chi connectivity index (χ1) is 23.2. The van der Waals surface area contributed by atoms with Crippen LogP contribution in [-0.4, -0.2) is 65.4 Å². The molecule has 50 heavy (non-hydrogen) atoms. The van der Waals surface area contributed by atoms with E-state index in [1.807, 2.05) is 6.07 Å². The number of esters is 3. The van der Waals surface area contributed by atoms with E-state index in [4.69, 9.17) is 18.9 Å². The average Bonchev–Trinajstić information content (AvgIpc) is 3.38. The van der Waals surface area contributed by atoms with Gasteiger partial charge in [0.2, 0.25) is 0 Å². The molecule has 1 aliphatic heterocycles. The number of Topliss-reactive ketones (excluding diaryl/α,β-unsaturated/α-hetero) is 1. The van der Waals surface area contributed by atoms with Gasteiger partial charge in [-0.25, -0.2) is 4.79 Å². The number of carbonyl (C=O) groups is 4. The van der Waals surface area contributed by atoms with Crippen LogP contribution >= 0.6 is 0 Å². The Kier molecular flexibility index (Phi) is 9.24. The highest BCUT2D eigenvalue weighted by atomic mass is 16.6. The number of fused-ring (bicyclic) bond motifs is 5. The molecule has 1 saturated heterocycles. The van der Waals surface area contributed by atoms with Crippen LogP contribution in [0.2, 0.25) is 0 Å². The smallest absolute Gasteiger partial charge is 0.338 e. The van der Waals surface area contributed by atoms with Gasteiger partial charge in [-0.3, -0.25) is 14.4 Å². The summed E-state index contributed by atoms with van der Waals surface area (Å²) in [6, 6.07) is 8.93. The van der Waals surface area contributed by atoms with Crippen LogP contribution in [0.1, 0.15) is 111 Å². The Balaban J connectivity index is 1.37. The van der Waals surface area contributed by atoms with Crippen molar-refractivity contribution in [3.05, 3.63) is 47.5 Å². The van der Waals surface area contributed by atoms with Gasteiger partial charge in [0.15, 0.2) is 5.78 Å². The van der Waals surface area contributed by atoms with Gasteiger partial charge in [0.25, 0.3) is 0 Å². The molecule has 0 bridgehead atoms. The van der Waals surface area contributed by atoms with Crippen molar-refractivity contribution in [2.24, 2.45) is 45.3 Å². The second kappa shape index (κ2) is 12.6. The second-order valence-corrected chi connectivity index (χ2v) is 17.7. The van der Waals surface area contributed by atoms with E-state index in [1.54, 1.807) is 38.1 Å². The lowest BCUT2D eigenvalue weighted by Gasteiger charge is -2.70. The van der Waals surface area contributed by atoms with Crippen LogP contribution in [-0.2, 0) is 33.3 Å². The molecule has 0 amide bonds. The molecular formula is C41H56O9. The van der Waals surface area contributed by atoms with E-state index in [1.165, 1.54) is 19.4 Å². The number of aliphatic hydroxyl groups is 1. The van der Waals surface area contributed by atoms with Gasteiger partial charge in [-0.15, -0.1) is 0 Å². The highest BCUT2D eigenvalue weighted by Gasteiger charge is 2.72. The summed E-state index contributed by atoms with van der Waals surface area (Å²) in [7, 11) is 0. The monoisotopic (exact) mass is 692 g/mol. The topological polar surface area (TPSA) is 125 Å². The van der Waals surface area contributed by atoms with Crippen molar-refractivity contribution in [3.8, 4) is 0 Å². The number of hydrogen-bond donors (Lipinski definition) is 1. The predicted molar refractivity (Wildman–Crippen MR) is 186 cm³/mol. The van der Waals surface area contributed by atoms with Gasteiger partial charge in [-0.1, -0.05) is 64.5 Å². The molecule has 0 spiro atoms. The Morgan fingerprint density at radius 3 is 2.12 bits per heavy atom. The van der Waals surface area contributed by atoms with Crippen LogP contribution in [0.3, 0.4) is 0 Å². The standard InChI is InChI=1S/C41H56O9/c1-23(42)48-33-20-31-37(3,4)32(50-36(45)25-13-11-10-12-14-25)21-34(49-24(2)43)41(31,9)30-17-18-39(7)27(15-16-29(39)40(30,33)8)26-19-28(44)35(47-22-26)38(5,6)46/h10-14,16,26-27,30-35,46H,15,17-22H2,1-9H3. The Morgan fingerprint density at radius 1 is 0.880 bits per heavy atom. The first kappa shape index (κ1) is 36.7. The van der Waals surface area contributed by atoms with Crippen molar-refractivity contribution < 1.29 is 43.2 Å². The van der Waals surface area contributed by atoms with Crippen molar-refractivity contribution in [1.29, 1.82) is 0 Å². The molecule has 1 heterocycles. The fraction of sp³-hybridized carbons (Fsp3) is 0.707. The van der Waals surface area contributed by atoms with E-state index < -0.39 is 52.2 Å². The summed E-state index contributed by atoms with van der Waals surface area (Å²) >= 11 is 0. The van der Waals surface area contributed by atoms with Gasteiger partial charge < -0.3 is 24.1 Å². The number of ether oxygens (including phenoxy) is 4. The Hall–Kier alpha value is -3.04. The van der Waals surface area contributed by atoms with Gasteiger partial charge in [-0.2, -0.15) is 0 Å². The molecule has 274 valence electrons. The van der Waals surface area contributed by atoms with Crippen LogP contribution in [0.15, 0.2) is 42.0 Å². The maximum atomic E-state index is 13.4. The van der Waals surface area contributed by atoms with Gasteiger partial charge >= 0.3 is 17.9 Å². The number of rotatable bonds is 6. The van der Waals surface area contributed by atoms with E-state index in [-0.39, 0.29) is 46.8 Å². The van der Waals surface area contributed by atoms with Crippen molar-refractivity contribution in [2.45, 2.75) is 131 Å². The van der Waals surface area contributed by atoms with E-state index in [0.29, 0.717) is 31.4 Å². The maximum absolute atomic E-state index is 13.4. The third-order valence-electron chi connectivity index (χ3n) is 14.1. The summed E-state index contributed by atoms with van der Waals surface area (Å²) < 4.78 is 24.9. The maximum Gasteiger partial charge on any atom is 0.338 e. The highest BCUT2D eigenvalue weighted by molar-refractivity contribution is 5.89. The average molecular weight is 693 g/mol. The fourth-order valence-electron chi connectivity index (χ4n) is 11.9. The molecule has 1 aromatic rings. The summed E-state index contributed by atoms with van der Waals surface area (Å²) in [4.78, 5) is 52.4. The summed E-state index contributed by atoms with van der Waals surface area (Å²) in [5.41, 5.74) is -1.43. The van der Waals surface area contributed by atoms with Crippen molar-refractivity contribution in [3.63, 3.8) is 0 Å². The lowest BCUT2D eigenvalue weighted by Crippen LogP contribution is -2.70. The molecule has 0 radical (unpaired) electrons. The SMILES string of the molecule is CC(=O)OC1CC2C(C)(C)C(OC(=O)c3ccccc3)CC(OC(C)=O)C2(C)C2CCC3(C)C(=CCC3C3COC(C(C)(C)O)C(=O)C3)C12C. The van der Waals surface area contributed by atoms with Crippen LogP contribution in [0, 0.1) is 45.3 Å². The highest BCUT2D eigenvalue weighted by Crippen LogP contribution is 2.74. The summed E-state index contributed by atoms with van der Waals surface area (Å²) in [6.07, 6.45) is 3.66. The lowest BCUT2D eigenvalue weighted by atomic mass is 9.36. The van der Waals surface area contributed by atoms with E-state index >= 15 is 0 Å². The molecule has 11 unspecified atom stereocenters. The molecule has 1 N–H and O–H groups in total. The first-order valence-electron chi connectivity index (χ1n) is 18.4. The largest absolute Gasteiger partial charge is 0.462 e. The van der Waals surface area contributed by atoms with E-state index in [9.17, 15) is 24.3 Å². The van der Waals surface area contributed by atoms with Crippen LogP contribution in [0.5, 0.6) is 0 Å². The minimum atomic E-state index is -1.24. The first-order valence-corrected chi connectivity index (χ1v) is 18.4. The third-order valence-corrected chi connectivity index (χ3v) is 14.1. The van der Waals surface area contributed by atoms with Gasteiger partial charge in [0.1, 0.15) is 24.4 Å². The zero-order valence-electron chi connectivity index (χ0n) is 31.2. The molecule has 3 saturated carbocycles. The van der Waals surface area contributed by atoms with Gasteiger partial charge in [0, 0.05) is 42.9 Å². The van der Waals surface area contributed by atoms with E-state index in [0.717, 1.165) is 19.3 Å². The molecule has 1 aromatic carbocycles. The minimum absolute atomic E-state index is 0.00145. The lowest BCUT2D eigenvalue weighted by molar-refractivity contribution is -0.259. The van der Waals surface area contributed by atoms with Crippen LogP contribution in [0.4, 0.5) is 0 Å².